The summed E-state index contributed by atoms with van der Waals surface area (Å²) in [5, 5.41) is 19.2. The largest absolute Gasteiger partial charge is 0.395 e. The first-order valence-electron chi connectivity index (χ1n) is 11.1. The maximum atomic E-state index is 9.51. The lowest BCUT2D eigenvalue weighted by Crippen LogP contribution is -2.35. The number of hydrogen-bond acceptors (Lipinski definition) is 6. The molecule has 0 bridgehead atoms. The van der Waals surface area contributed by atoms with E-state index in [0.29, 0.717) is 11.8 Å². The maximum absolute atomic E-state index is 9.51. The average molecular weight is 468 g/mol. The molecule has 3 heterocycles. The molecule has 174 valence electrons. The highest BCUT2D eigenvalue weighted by atomic mass is 35.5. The van der Waals surface area contributed by atoms with E-state index in [-0.39, 0.29) is 12.6 Å². The van der Waals surface area contributed by atoms with Crippen LogP contribution in [0.5, 0.6) is 0 Å². The highest BCUT2D eigenvalue weighted by Gasteiger charge is 2.16. The molecular weight excluding hydrogens is 438 g/mol. The van der Waals surface area contributed by atoms with Crippen molar-refractivity contribution in [3.05, 3.63) is 58.6 Å². The Morgan fingerprint density at radius 1 is 1.24 bits per heavy atom. The maximum Gasteiger partial charge on any atom is 0.229 e. The van der Waals surface area contributed by atoms with Crippen LogP contribution in [0.4, 0.5) is 11.6 Å². The van der Waals surface area contributed by atoms with Crippen molar-refractivity contribution in [2.45, 2.75) is 40.3 Å². The standard InChI is InChI=1S/C24H30ClN7O/c1-6-31(15(2)14-33)12-18-13-32(29-16(18)3)22-9-10-26-24(28-22)27-19-7-8-21-20(11-19)23(25)17(4)30(21)5/h7-11,13,15,33H,6,12,14H2,1-5H3,(H,26,27,28)/t15-/m1/s1. The number of aryl methyl sites for hydroxylation is 2. The number of halogens is 1. The minimum atomic E-state index is 0.0897. The van der Waals surface area contributed by atoms with Crippen molar-refractivity contribution in [1.82, 2.24) is 29.2 Å². The third-order valence-electron chi connectivity index (χ3n) is 6.21. The third kappa shape index (κ3) is 4.59. The Labute approximate surface area is 198 Å². The summed E-state index contributed by atoms with van der Waals surface area (Å²) in [6.07, 6.45) is 3.71. The SMILES string of the molecule is CCN(Cc1cn(-c2ccnc(Nc3ccc4c(c3)c(Cl)c(C)n4C)n2)nc1C)[C@H](C)CO. The van der Waals surface area contributed by atoms with Crippen LogP contribution >= 0.6 is 11.6 Å². The summed E-state index contributed by atoms with van der Waals surface area (Å²) < 4.78 is 3.85. The lowest BCUT2D eigenvalue weighted by Gasteiger charge is -2.25. The summed E-state index contributed by atoms with van der Waals surface area (Å²) in [7, 11) is 2.01. The highest BCUT2D eigenvalue weighted by molar-refractivity contribution is 6.36. The average Bonchev–Trinajstić information content (AvgIpc) is 3.29. The number of hydrogen-bond donors (Lipinski definition) is 2. The molecule has 8 nitrogen and oxygen atoms in total. The Morgan fingerprint density at radius 3 is 2.76 bits per heavy atom. The van der Waals surface area contributed by atoms with Crippen LogP contribution in [-0.2, 0) is 13.6 Å². The fraction of sp³-hybridized carbons (Fsp3) is 0.375. The van der Waals surface area contributed by atoms with Gasteiger partial charge in [-0.15, -0.1) is 0 Å². The lowest BCUT2D eigenvalue weighted by atomic mass is 10.2. The fourth-order valence-corrected chi connectivity index (χ4v) is 4.23. The molecule has 0 unspecified atom stereocenters. The molecule has 3 aromatic heterocycles. The van der Waals surface area contributed by atoms with Gasteiger partial charge in [-0.05, 0) is 45.5 Å². The predicted octanol–water partition coefficient (Wildman–Crippen LogP) is 4.37. The number of anilines is 2. The number of benzene rings is 1. The van der Waals surface area contributed by atoms with Crippen molar-refractivity contribution < 1.29 is 5.11 Å². The van der Waals surface area contributed by atoms with Gasteiger partial charge in [-0.1, -0.05) is 18.5 Å². The molecule has 0 amide bonds. The van der Waals surface area contributed by atoms with Crippen molar-refractivity contribution >= 4 is 34.1 Å². The Kier molecular flexibility index (Phi) is 6.69. The van der Waals surface area contributed by atoms with E-state index < -0.39 is 0 Å². The van der Waals surface area contributed by atoms with Crippen LogP contribution in [0, 0.1) is 13.8 Å². The van der Waals surface area contributed by atoms with Gasteiger partial charge in [0.1, 0.15) is 0 Å². The van der Waals surface area contributed by atoms with Gasteiger partial charge in [0.15, 0.2) is 5.82 Å². The Balaban J connectivity index is 1.57. The molecule has 4 rings (SSSR count). The number of fused-ring (bicyclic) bond motifs is 1. The molecular formula is C24H30ClN7O. The molecule has 1 aromatic carbocycles. The second kappa shape index (κ2) is 9.51. The topological polar surface area (TPSA) is 84.0 Å². The lowest BCUT2D eigenvalue weighted by molar-refractivity contribution is 0.133. The molecule has 4 aromatic rings. The molecule has 1 atom stereocenters. The van der Waals surface area contributed by atoms with E-state index in [1.165, 1.54) is 0 Å². The molecule has 33 heavy (non-hydrogen) atoms. The number of nitrogens with one attached hydrogen (secondary N) is 1. The summed E-state index contributed by atoms with van der Waals surface area (Å²) in [4.78, 5) is 11.2. The summed E-state index contributed by atoms with van der Waals surface area (Å²) in [5.74, 6) is 1.16. The van der Waals surface area contributed by atoms with Gasteiger partial charge in [0, 0.05) is 65.9 Å². The zero-order valence-corrected chi connectivity index (χ0v) is 20.4. The number of aromatic nitrogens is 5. The van der Waals surface area contributed by atoms with E-state index in [4.69, 9.17) is 11.6 Å². The summed E-state index contributed by atoms with van der Waals surface area (Å²) in [6, 6.07) is 7.96. The van der Waals surface area contributed by atoms with Crippen LogP contribution in [0.15, 0.2) is 36.7 Å². The Hall–Kier alpha value is -2.94. The smallest absolute Gasteiger partial charge is 0.229 e. The molecule has 0 radical (unpaired) electrons. The number of nitrogens with zero attached hydrogens (tertiary/aromatic N) is 6. The molecule has 0 saturated carbocycles. The van der Waals surface area contributed by atoms with Gasteiger partial charge in [-0.25, -0.2) is 9.67 Å². The molecule has 9 heteroatoms. The van der Waals surface area contributed by atoms with Crippen LogP contribution in [-0.4, -0.2) is 53.5 Å². The molecule has 0 saturated heterocycles. The van der Waals surface area contributed by atoms with Crippen LogP contribution in [0.3, 0.4) is 0 Å². The predicted molar refractivity (Wildman–Crippen MR) is 132 cm³/mol. The van der Waals surface area contributed by atoms with E-state index in [1.807, 2.05) is 58.3 Å². The molecule has 0 fully saturated rings. The number of aliphatic hydroxyl groups excluding tert-OH is 1. The molecule has 0 aliphatic rings. The Morgan fingerprint density at radius 2 is 2.03 bits per heavy atom. The minimum Gasteiger partial charge on any atom is -0.395 e. The van der Waals surface area contributed by atoms with Gasteiger partial charge in [0.25, 0.3) is 0 Å². The van der Waals surface area contributed by atoms with E-state index in [0.717, 1.165) is 51.7 Å². The van der Waals surface area contributed by atoms with Crippen LogP contribution < -0.4 is 5.32 Å². The number of likely N-dealkylation sites (N-methyl/N-ethyl adjacent to an activating group) is 1. The number of rotatable bonds is 8. The third-order valence-corrected chi connectivity index (χ3v) is 6.69. The fourth-order valence-electron chi connectivity index (χ4n) is 3.95. The van der Waals surface area contributed by atoms with Gasteiger partial charge in [-0.3, -0.25) is 4.90 Å². The first-order chi connectivity index (χ1) is 15.8. The van der Waals surface area contributed by atoms with Gasteiger partial charge in [0.05, 0.1) is 17.3 Å². The van der Waals surface area contributed by atoms with Crippen LogP contribution in [0.2, 0.25) is 5.02 Å². The van der Waals surface area contributed by atoms with Gasteiger partial charge in [0.2, 0.25) is 5.95 Å². The van der Waals surface area contributed by atoms with Crippen molar-refractivity contribution in [2.75, 3.05) is 18.5 Å². The molecule has 0 aliphatic carbocycles. The number of aliphatic hydroxyl groups is 1. The van der Waals surface area contributed by atoms with Crippen LogP contribution in [0.25, 0.3) is 16.7 Å². The van der Waals surface area contributed by atoms with E-state index in [1.54, 1.807) is 10.9 Å². The van der Waals surface area contributed by atoms with Crippen molar-refractivity contribution in [3.63, 3.8) is 0 Å². The summed E-state index contributed by atoms with van der Waals surface area (Å²) in [5.41, 5.74) is 5.01. The van der Waals surface area contributed by atoms with Gasteiger partial charge in [-0.2, -0.15) is 10.1 Å². The molecule has 0 aliphatic heterocycles. The van der Waals surface area contributed by atoms with Crippen LogP contribution in [0.1, 0.15) is 30.8 Å². The Bertz CT molecular complexity index is 1280. The second-order valence-corrected chi connectivity index (χ2v) is 8.71. The zero-order chi connectivity index (χ0) is 23.7. The quantitative estimate of drug-likeness (QED) is 0.400. The van der Waals surface area contributed by atoms with E-state index in [2.05, 4.69) is 36.8 Å². The van der Waals surface area contributed by atoms with Gasteiger partial charge < -0.3 is 15.0 Å². The van der Waals surface area contributed by atoms with E-state index >= 15 is 0 Å². The normalized spacial score (nSPS) is 12.6. The first kappa shape index (κ1) is 23.2. The van der Waals surface area contributed by atoms with Crippen molar-refractivity contribution in [1.29, 1.82) is 0 Å². The molecule has 0 spiro atoms. The monoisotopic (exact) mass is 467 g/mol. The highest BCUT2D eigenvalue weighted by Crippen LogP contribution is 2.32. The second-order valence-electron chi connectivity index (χ2n) is 8.33. The van der Waals surface area contributed by atoms with E-state index in [9.17, 15) is 5.11 Å². The molecule has 2 N–H and O–H groups in total. The van der Waals surface area contributed by atoms with Crippen molar-refractivity contribution in [2.24, 2.45) is 7.05 Å². The minimum absolute atomic E-state index is 0.0897. The summed E-state index contributed by atoms with van der Waals surface area (Å²) >= 11 is 6.51. The summed E-state index contributed by atoms with van der Waals surface area (Å²) in [6.45, 7) is 9.81. The zero-order valence-electron chi connectivity index (χ0n) is 19.7. The first-order valence-corrected chi connectivity index (χ1v) is 11.4. The van der Waals surface area contributed by atoms with Crippen molar-refractivity contribution in [3.8, 4) is 5.82 Å². The van der Waals surface area contributed by atoms with Gasteiger partial charge >= 0.3 is 0 Å².